The summed E-state index contributed by atoms with van der Waals surface area (Å²) < 4.78 is 29.6. The maximum Gasteiger partial charge on any atom is 0.338 e. The van der Waals surface area contributed by atoms with Crippen LogP contribution in [0, 0.1) is 0 Å². The molecule has 1 fully saturated rings. The number of morpholine rings is 1. The van der Waals surface area contributed by atoms with Gasteiger partial charge in [-0.05, 0) is 62.2 Å². The standard InChI is InChI=1S/C32H35N3O8S/c1-19(2)43-31(38)28-20(3)33-32-35(29(28)22-7-6-8-23(17-22)39-4)30(37)26(44-32)16-21-9-10-24(25(15-21)40-5)42-18-27(36)34-11-13-41-14-12-34/h6-10,15-17,19,29H,11-14,18H2,1-5H3/b26-16-/t29-/m0/s1. The topological polar surface area (TPSA) is 118 Å². The second-order valence-corrected chi connectivity index (χ2v) is 11.5. The van der Waals surface area contributed by atoms with Gasteiger partial charge in [0.1, 0.15) is 5.75 Å². The van der Waals surface area contributed by atoms with Gasteiger partial charge in [0.25, 0.3) is 11.5 Å². The van der Waals surface area contributed by atoms with Gasteiger partial charge in [-0.2, -0.15) is 0 Å². The van der Waals surface area contributed by atoms with Crippen LogP contribution in [0.4, 0.5) is 0 Å². The molecule has 1 amide bonds. The summed E-state index contributed by atoms with van der Waals surface area (Å²) in [5, 5.41) is 0. The molecule has 12 heteroatoms. The SMILES string of the molecule is COc1cccc([C@H]2C(C(=O)OC(C)C)=C(C)N=c3s/c(=C\c4ccc(OCC(=O)N5CCOCC5)c(OC)c4)c(=O)n32)c1. The number of nitrogens with zero attached hydrogens (tertiary/aromatic N) is 3. The molecule has 3 heterocycles. The van der Waals surface area contributed by atoms with Gasteiger partial charge in [-0.15, -0.1) is 0 Å². The van der Waals surface area contributed by atoms with Crippen LogP contribution >= 0.6 is 11.3 Å². The molecule has 2 aliphatic rings. The first kappa shape index (κ1) is 31.0. The van der Waals surface area contributed by atoms with Gasteiger partial charge in [-0.25, -0.2) is 9.79 Å². The van der Waals surface area contributed by atoms with Gasteiger partial charge in [0.15, 0.2) is 22.9 Å². The number of amides is 1. The third-order valence-corrected chi connectivity index (χ3v) is 8.18. The molecule has 0 unspecified atom stereocenters. The van der Waals surface area contributed by atoms with E-state index in [1.807, 2.05) is 12.1 Å². The third-order valence-electron chi connectivity index (χ3n) is 7.19. The molecular formula is C32H35N3O8S. The number of benzene rings is 2. The van der Waals surface area contributed by atoms with E-state index >= 15 is 0 Å². The summed E-state index contributed by atoms with van der Waals surface area (Å²) in [4.78, 5) is 46.6. The van der Waals surface area contributed by atoms with Crippen LogP contribution in [0.2, 0.25) is 0 Å². The molecule has 1 saturated heterocycles. The number of carbonyl (C=O) groups is 2. The zero-order valence-electron chi connectivity index (χ0n) is 25.3. The highest BCUT2D eigenvalue weighted by Gasteiger charge is 2.34. The van der Waals surface area contributed by atoms with Crippen molar-refractivity contribution in [2.24, 2.45) is 4.99 Å². The highest BCUT2D eigenvalue weighted by Crippen LogP contribution is 2.33. The van der Waals surface area contributed by atoms with E-state index in [1.165, 1.54) is 23.0 Å². The fourth-order valence-corrected chi connectivity index (χ4v) is 6.12. The van der Waals surface area contributed by atoms with Crippen molar-refractivity contribution in [2.75, 3.05) is 47.1 Å². The smallest absolute Gasteiger partial charge is 0.338 e. The van der Waals surface area contributed by atoms with Crippen LogP contribution in [0.5, 0.6) is 17.2 Å². The Morgan fingerprint density at radius 3 is 2.57 bits per heavy atom. The minimum atomic E-state index is -0.760. The van der Waals surface area contributed by atoms with Crippen molar-refractivity contribution in [1.29, 1.82) is 0 Å². The predicted octanol–water partition coefficient (Wildman–Crippen LogP) is 2.44. The zero-order valence-corrected chi connectivity index (χ0v) is 26.1. The Bertz CT molecular complexity index is 1770. The molecule has 3 aromatic rings. The molecule has 1 atom stereocenters. The van der Waals surface area contributed by atoms with Crippen molar-refractivity contribution in [3.8, 4) is 17.2 Å². The van der Waals surface area contributed by atoms with E-state index in [0.29, 0.717) is 75.3 Å². The number of allylic oxidation sites excluding steroid dienone is 1. The van der Waals surface area contributed by atoms with Gasteiger partial charge < -0.3 is 28.6 Å². The van der Waals surface area contributed by atoms with Crippen LogP contribution in [-0.2, 0) is 19.1 Å². The number of aromatic nitrogens is 1. The number of methoxy groups -OCH3 is 2. The molecular weight excluding hydrogens is 586 g/mol. The third kappa shape index (κ3) is 6.56. The average molecular weight is 622 g/mol. The van der Waals surface area contributed by atoms with Crippen LogP contribution in [0.1, 0.15) is 37.9 Å². The number of carbonyl (C=O) groups excluding carboxylic acids is 2. The number of ether oxygens (including phenoxy) is 5. The molecule has 232 valence electrons. The van der Waals surface area contributed by atoms with Crippen molar-refractivity contribution < 1.29 is 33.3 Å². The number of hydrogen-bond donors (Lipinski definition) is 0. The van der Waals surface area contributed by atoms with Crippen molar-refractivity contribution in [3.63, 3.8) is 0 Å². The average Bonchev–Trinajstić information content (AvgIpc) is 3.33. The lowest BCUT2D eigenvalue weighted by atomic mass is 9.95. The lowest BCUT2D eigenvalue weighted by molar-refractivity contribution is -0.143. The molecule has 2 aliphatic heterocycles. The van der Waals surface area contributed by atoms with Crippen LogP contribution in [0.3, 0.4) is 0 Å². The zero-order chi connectivity index (χ0) is 31.4. The Balaban J connectivity index is 1.50. The molecule has 5 rings (SSSR count). The van der Waals surface area contributed by atoms with Crippen LogP contribution in [0.25, 0.3) is 6.08 Å². The van der Waals surface area contributed by atoms with Crippen LogP contribution in [0.15, 0.2) is 63.5 Å². The summed E-state index contributed by atoms with van der Waals surface area (Å²) in [5.41, 5.74) is 1.84. The first-order chi connectivity index (χ1) is 21.2. The van der Waals surface area contributed by atoms with Crippen molar-refractivity contribution in [3.05, 3.63) is 84.5 Å². The Kier molecular flexibility index (Phi) is 9.50. The van der Waals surface area contributed by atoms with Crippen molar-refractivity contribution >= 4 is 29.3 Å². The number of esters is 1. The first-order valence-electron chi connectivity index (χ1n) is 14.2. The van der Waals surface area contributed by atoms with Crippen molar-refractivity contribution in [1.82, 2.24) is 9.47 Å². The van der Waals surface area contributed by atoms with E-state index in [1.54, 1.807) is 69.2 Å². The maximum absolute atomic E-state index is 14.0. The van der Waals surface area contributed by atoms with Crippen LogP contribution < -0.4 is 29.1 Å². The number of hydrogen-bond acceptors (Lipinski definition) is 10. The number of fused-ring (bicyclic) bond motifs is 1. The summed E-state index contributed by atoms with van der Waals surface area (Å²) in [6.45, 7) is 7.26. The number of rotatable bonds is 9. The second kappa shape index (κ2) is 13.5. The molecule has 2 aromatic carbocycles. The minimum absolute atomic E-state index is 0.125. The maximum atomic E-state index is 14.0. The normalized spacial score (nSPS) is 16.8. The molecule has 0 saturated carbocycles. The lowest BCUT2D eigenvalue weighted by Gasteiger charge is -2.26. The predicted molar refractivity (Wildman–Crippen MR) is 164 cm³/mol. The van der Waals surface area contributed by atoms with Gasteiger partial charge in [-0.3, -0.25) is 14.2 Å². The Labute approximate surface area is 258 Å². The largest absolute Gasteiger partial charge is 0.497 e. The monoisotopic (exact) mass is 621 g/mol. The van der Waals surface area contributed by atoms with E-state index in [-0.39, 0.29) is 24.2 Å². The molecule has 0 radical (unpaired) electrons. The van der Waals surface area contributed by atoms with Gasteiger partial charge in [0.2, 0.25) is 0 Å². The van der Waals surface area contributed by atoms with E-state index in [2.05, 4.69) is 4.99 Å². The van der Waals surface area contributed by atoms with Gasteiger partial charge in [0.05, 0.1) is 55.4 Å². The molecule has 44 heavy (non-hydrogen) atoms. The summed E-state index contributed by atoms with van der Waals surface area (Å²) in [5.74, 6) is 0.769. The Morgan fingerprint density at radius 1 is 1.09 bits per heavy atom. The number of thiazole rings is 1. The molecule has 0 bridgehead atoms. The quantitative estimate of drug-likeness (QED) is 0.335. The van der Waals surface area contributed by atoms with E-state index in [4.69, 9.17) is 23.7 Å². The van der Waals surface area contributed by atoms with Crippen molar-refractivity contribution in [2.45, 2.75) is 32.9 Å². The fraction of sp³-hybridized carbons (Fsp3) is 0.375. The second-order valence-electron chi connectivity index (χ2n) is 10.5. The van der Waals surface area contributed by atoms with E-state index in [9.17, 15) is 14.4 Å². The molecule has 0 N–H and O–H groups in total. The first-order valence-corrected chi connectivity index (χ1v) is 15.1. The highest BCUT2D eigenvalue weighted by molar-refractivity contribution is 7.07. The minimum Gasteiger partial charge on any atom is -0.497 e. The van der Waals surface area contributed by atoms with E-state index in [0.717, 1.165) is 0 Å². The molecule has 11 nitrogen and oxygen atoms in total. The lowest BCUT2D eigenvalue weighted by Crippen LogP contribution is -2.43. The van der Waals surface area contributed by atoms with Crippen LogP contribution in [-0.4, -0.2) is 74.6 Å². The van der Waals surface area contributed by atoms with Gasteiger partial charge in [0, 0.05) is 13.1 Å². The summed E-state index contributed by atoms with van der Waals surface area (Å²) in [6, 6.07) is 11.7. The van der Waals surface area contributed by atoms with Gasteiger partial charge in [-0.1, -0.05) is 29.5 Å². The van der Waals surface area contributed by atoms with Gasteiger partial charge >= 0.3 is 5.97 Å². The summed E-state index contributed by atoms with van der Waals surface area (Å²) in [6.07, 6.45) is 1.39. The highest BCUT2D eigenvalue weighted by atomic mass is 32.1. The molecule has 0 aliphatic carbocycles. The summed E-state index contributed by atoms with van der Waals surface area (Å²) in [7, 11) is 3.07. The van der Waals surface area contributed by atoms with E-state index < -0.39 is 12.0 Å². The fourth-order valence-electron chi connectivity index (χ4n) is 5.08. The molecule has 1 aromatic heterocycles. The Hall–Kier alpha value is -4.42. The molecule has 0 spiro atoms. The Morgan fingerprint density at radius 2 is 1.86 bits per heavy atom. The summed E-state index contributed by atoms with van der Waals surface area (Å²) >= 11 is 1.22.